The highest BCUT2D eigenvalue weighted by molar-refractivity contribution is 7.85. The lowest BCUT2D eigenvalue weighted by molar-refractivity contribution is -0.143. The number of rotatable bonds is 3. The van der Waals surface area contributed by atoms with Crippen molar-refractivity contribution in [3.05, 3.63) is 29.3 Å². The van der Waals surface area contributed by atoms with Gasteiger partial charge in [-0.15, -0.1) is 0 Å². The second-order valence-electron chi connectivity index (χ2n) is 3.81. The maximum atomic E-state index is 12.6. The Balaban J connectivity index is 3.32. The van der Waals surface area contributed by atoms with Crippen molar-refractivity contribution in [3.63, 3.8) is 0 Å². The normalized spacial score (nSPS) is 13.9. The fraction of sp³-hybridized carbons (Fsp3) is 0.364. The van der Waals surface area contributed by atoms with Crippen LogP contribution in [0.15, 0.2) is 23.1 Å². The van der Waals surface area contributed by atoms with Crippen molar-refractivity contribution in [2.24, 2.45) is 0 Å². The van der Waals surface area contributed by atoms with Crippen LogP contribution in [-0.4, -0.2) is 23.0 Å². The first-order chi connectivity index (χ1) is 9.45. The highest BCUT2D eigenvalue weighted by Crippen LogP contribution is 2.36. The van der Waals surface area contributed by atoms with E-state index in [9.17, 15) is 35.3 Å². The van der Waals surface area contributed by atoms with Gasteiger partial charge in [-0.2, -0.15) is 26.3 Å². The summed E-state index contributed by atoms with van der Waals surface area (Å²) in [7, 11) is -1.43. The number of esters is 1. The van der Waals surface area contributed by atoms with E-state index in [0.717, 1.165) is 7.11 Å². The van der Waals surface area contributed by atoms with Gasteiger partial charge < -0.3 is 4.74 Å². The minimum atomic E-state index is -5.04. The predicted octanol–water partition coefficient (Wildman–Crippen LogP) is 3.00. The summed E-state index contributed by atoms with van der Waals surface area (Å²) < 4.78 is 91.2. The molecule has 0 saturated heterocycles. The van der Waals surface area contributed by atoms with Gasteiger partial charge in [0.1, 0.15) is 5.75 Å². The number of alkyl halides is 6. The van der Waals surface area contributed by atoms with Gasteiger partial charge in [0.05, 0.1) is 29.0 Å². The molecule has 0 aliphatic carbocycles. The van der Waals surface area contributed by atoms with Crippen molar-refractivity contribution in [1.29, 1.82) is 0 Å². The lowest BCUT2D eigenvalue weighted by Crippen LogP contribution is -2.15. The molecule has 0 heterocycles. The molecule has 1 atom stereocenters. The molecule has 0 spiro atoms. The molecule has 1 aromatic rings. The van der Waals surface area contributed by atoms with Crippen LogP contribution in [-0.2, 0) is 32.7 Å². The molecule has 0 amide bonds. The van der Waals surface area contributed by atoms with E-state index in [1.165, 1.54) is 0 Å². The van der Waals surface area contributed by atoms with Gasteiger partial charge in [0.25, 0.3) is 0 Å². The zero-order valence-electron chi connectivity index (χ0n) is 10.3. The quantitative estimate of drug-likeness (QED) is 0.630. The van der Waals surface area contributed by atoms with Crippen molar-refractivity contribution in [2.45, 2.75) is 17.2 Å². The molecule has 0 aliphatic rings. The topological polar surface area (TPSA) is 43.4 Å². The molecule has 0 fully saturated rings. The van der Waals surface area contributed by atoms with E-state index in [1.54, 1.807) is 0 Å². The number of hydrogen-bond acceptors (Lipinski definition) is 3. The van der Waals surface area contributed by atoms with E-state index < -0.39 is 50.9 Å². The number of hydrogen-bond donors (Lipinski definition) is 0. The number of methoxy groups -OCH3 is 1. The first kappa shape index (κ1) is 17.5. The Morgan fingerprint density at radius 2 is 1.48 bits per heavy atom. The Morgan fingerprint density at radius 3 is 1.81 bits per heavy atom. The zero-order valence-corrected chi connectivity index (χ0v) is 11.2. The summed E-state index contributed by atoms with van der Waals surface area (Å²) in [6.07, 6.45) is -10.1. The number of halogens is 6. The molecule has 21 heavy (non-hydrogen) atoms. The van der Waals surface area contributed by atoms with Gasteiger partial charge in [0.2, 0.25) is 0 Å². The van der Waals surface area contributed by atoms with Crippen LogP contribution in [0.1, 0.15) is 11.1 Å². The van der Waals surface area contributed by atoms with E-state index >= 15 is 0 Å². The van der Waals surface area contributed by atoms with Gasteiger partial charge in [-0.3, -0.25) is 9.00 Å². The fourth-order valence-electron chi connectivity index (χ4n) is 1.31. The molecular formula is C11H8F6O3S. The van der Waals surface area contributed by atoms with E-state index in [0.29, 0.717) is 12.1 Å². The number of carbonyl (C=O) groups is 1. The van der Waals surface area contributed by atoms with Gasteiger partial charge in [0.15, 0.2) is 0 Å². The van der Waals surface area contributed by atoms with E-state index in [-0.39, 0.29) is 6.07 Å². The van der Waals surface area contributed by atoms with Crippen molar-refractivity contribution >= 4 is 16.8 Å². The van der Waals surface area contributed by atoms with Crippen molar-refractivity contribution < 1.29 is 40.1 Å². The number of carbonyl (C=O) groups excluding carboxylic acids is 1. The Kier molecular flexibility index (Phi) is 5.03. The Hall–Kier alpha value is -1.58. The maximum Gasteiger partial charge on any atom is 0.416 e. The average Bonchev–Trinajstić information content (AvgIpc) is 2.35. The highest BCUT2D eigenvalue weighted by Gasteiger charge is 2.37. The second kappa shape index (κ2) is 6.04. The monoisotopic (exact) mass is 334 g/mol. The molecule has 0 radical (unpaired) electrons. The van der Waals surface area contributed by atoms with E-state index in [1.807, 2.05) is 0 Å². The van der Waals surface area contributed by atoms with Crippen molar-refractivity contribution in [2.75, 3.05) is 12.9 Å². The maximum absolute atomic E-state index is 12.6. The van der Waals surface area contributed by atoms with Crippen LogP contribution in [0.25, 0.3) is 0 Å². The van der Waals surface area contributed by atoms with E-state index in [2.05, 4.69) is 4.74 Å². The number of benzene rings is 1. The Bertz CT molecular complexity index is 532. The van der Waals surface area contributed by atoms with Crippen LogP contribution in [0, 0.1) is 0 Å². The Morgan fingerprint density at radius 1 is 1.05 bits per heavy atom. The smallest absolute Gasteiger partial charge is 0.416 e. The minimum Gasteiger partial charge on any atom is -0.468 e. The van der Waals surface area contributed by atoms with Crippen LogP contribution < -0.4 is 0 Å². The van der Waals surface area contributed by atoms with Crippen molar-refractivity contribution in [3.8, 4) is 0 Å². The molecule has 0 bridgehead atoms. The van der Waals surface area contributed by atoms with Crippen LogP contribution >= 0.6 is 0 Å². The van der Waals surface area contributed by atoms with Gasteiger partial charge >= 0.3 is 18.3 Å². The molecule has 1 unspecified atom stereocenters. The molecular weight excluding hydrogens is 326 g/mol. The summed E-state index contributed by atoms with van der Waals surface area (Å²) in [6, 6.07) is 0.543. The van der Waals surface area contributed by atoms with Gasteiger partial charge in [-0.05, 0) is 18.2 Å². The molecule has 0 aliphatic heterocycles. The third-order valence-corrected chi connectivity index (χ3v) is 3.56. The summed E-state index contributed by atoms with van der Waals surface area (Å²) in [5.41, 5.74) is -3.18. The van der Waals surface area contributed by atoms with Crippen LogP contribution in [0.5, 0.6) is 0 Å². The molecule has 10 heteroatoms. The lowest BCUT2D eigenvalue weighted by Gasteiger charge is -2.13. The second-order valence-corrected chi connectivity index (χ2v) is 5.26. The molecule has 0 saturated carbocycles. The van der Waals surface area contributed by atoms with Crippen LogP contribution in [0.4, 0.5) is 26.3 Å². The Labute approximate surface area is 117 Å². The predicted molar refractivity (Wildman–Crippen MR) is 59.7 cm³/mol. The molecule has 0 N–H and O–H groups in total. The molecule has 1 aromatic carbocycles. The first-order valence-electron chi connectivity index (χ1n) is 5.20. The summed E-state index contributed by atoms with van der Waals surface area (Å²) in [5.74, 6) is -1.85. The zero-order chi connectivity index (χ0) is 16.4. The summed E-state index contributed by atoms with van der Waals surface area (Å²) in [5, 5.41) is 0. The van der Waals surface area contributed by atoms with Gasteiger partial charge in [-0.1, -0.05) is 0 Å². The SMILES string of the molecule is COC(=O)CS(=O)c1cc(C(F)(F)F)cc(C(F)(F)F)c1. The summed E-state index contributed by atoms with van der Waals surface area (Å²) in [6.45, 7) is 0. The number of ether oxygens (including phenoxy) is 1. The largest absolute Gasteiger partial charge is 0.468 e. The van der Waals surface area contributed by atoms with Crippen molar-refractivity contribution in [1.82, 2.24) is 0 Å². The fourth-order valence-corrected chi connectivity index (χ4v) is 2.32. The molecule has 0 aromatic heterocycles. The van der Waals surface area contributed by atoms with E-state index in [4.69, 9.17) is 0 Å². The lowest BCUT2D eigenvalue weighted by atomic mass is 10.1. The minimum absolute atomic E-state index is 0.0845. The van der Waals surface area contributed by atoms with Gasteiger partial charge in [0, 0.05) is 4.90 Å². The first-order valence-corrected chi connectivity index (χ1v) is 6.51. The molecule has 1 rings (SSSR count). The third kappa shape index (κ3) is 4.73. The van der Waals surface area contributed by atoms with Crippen LogP contribution in [0.3, 0.4) is 0 Å². The van der Waals surface area contributed by atoms with Gasteiger partial charge in [-0.25, -0.2) is 0 Å². The standard InChI is InChI=1S/C11H8F6O3S/c1-20-9(18)5-21(19)8-3-6(10(12,13)14)2-7(4-8)11(15,16)17/h2-4H,5H2,1H3. The average molecular weight is 334 g/mol. The summed E-state index contributed by atoms with van der Waals surface area (Å²) >= 11 is 0. The van der Waals surface area contributed by atoms with Crippen LogP contribution in [0.2, 0.25) is 0 Å². The highest BCUT2D eigenvalue weighted by atomic mass is 32.2. The molecule has 3 nitrogen and oxygen atoms in total. The molecule has 118 valence electrons. The third-order valence-electron chi connectivity index (χ3n) is 2.30. The summed E-state index contributed by atoms with van der Waals surface area (Å²) in [4.78, 5) is 10.2.